The molecule has 1 aliphatic rings. The van der Waals surface area contributed by atoms with Gasteiger partial charge in [-0.1, -0.05) is 0 Å². The molecule has 0 saturated heterocycles. The van der Waals surface area contributed by atoms with Crippen LogP contribution in [0.2, 0.25) is 0 Å². The van der Waals surface area contributed by atoms with Crippen LogP contribution in [0.4, 0.5) is 0 Å². The summed E-state index contributed by atoms with van der Waals surface area (Å²) in [6, 6.07) is 4.05. The van der Waals surface area contributed by atoms with Crippen LogP contribution in [0.25, 0.3) is 0 Å². The van der Waals surface area contributed by atoms with Crippen molar-refractivity contribution in [2.75, 3.05) is 47.5 Å². The van der Waals surface area contributed by atoms with E-state index in [1.165, 1.54) is 12.8 Å². The number of fused-ring (bicyclic) bond motifs is 1. The van der Waals surface area contributed by atoms with Crippen molar-refractivity contribution in [2.24, 2.45) is 0 Å². The highest BCUT2D eigenvalue weighted by Crippen LogP contribution is 2.40. The molecule has 1 aliphatic heterocycles. The number of nitrogens with one attached hydrogen (secondary N) is 1. The molecule has 1 aromatic carbocycles. The summed E-state index contributed by atoms with van der Waals surface area (Å²) in [7, 11) is 5.87. The average molecular weight is 294 g/mol. The minimum Gasteiger partial charge on any atom is -0.493 e. The van der Waals surface area contributed by atoms with Gasteiger partial charge in [0, 0.05) is 6.54 Å². The van der Waals surface area contributed by atoms with Gasteiger partial charge in [-0.25, -0.2) is 0 Å². The molecule has 0 atom stereocenters. The smallest absolute Gasteiger partial charge is 0.203 e. The Labute approximate surface area is 127 Å². The third-order valence-electron chi connectivity index (χ3n) is 3.43. The zero-order valence-electron chi connectivity index (χ0n) is 13.3. The highest BCUT2D eigenvalue weighted by atomic mass is 16.6. The summed E-state index contributed by atoms with van der Waals surface area (Å²) in [6.07, 6.45) is 2.39. The first-order chi connectivity index (χ1) is 10.2. The first-order valence-corrected chi connectivity index (χ1v) is 7.52. The number of benzene rings is 1. The monoisotopic (exact) mass is 294 g/mol. The molecular weight excluding hydrogens is 268 g/mol. The molecule has 5 heteroatoms. The molecule has 1 aromatic rings. The number of methoxy groups -OCH3 is 1. The van der Waals surface area contributed by atoms with Crippen molar-refractivity contribution in [3.05, 3.63) is 17.7 Å². The molecule has 2 rings (SSSR count). The quantitative estimate of drug-likeness (QED) is 0.742. The minimum atomic E-state index is 0.576. The van der Waals surface area contributed by atoms with Crippen molar-refractivity contribution in [3.8, 4) is 17.2 Å². The maximum absolute atomic E-state index is 5.64. The van der Waals surface area contributed by atoms with E-state index >= 15 is 0 Å². The molecule has 0 fully saturated rings. The summed E-state index contributed by atoms with van der Waals surface area (Å²) in [5.41, 5.74) is 1.16. The number of ether oxygens (including phenoxy) is 3. The Bertz CT molecular complexity index is 432. The molecular formula is C16H26N2O3. The Balaban J connectivity index is 1.83. The topological polar surface area (TPSA) is 43.0 Å². The van der Waals surface area contributed by atoms with E-state index in [-0.39, 0.29) is 0 Å². The Morgan fingerprint density at radius 1 is 1.19 bits per heavy atom. The molecule has 0 bridgehead atoms. The number of rotatable bonds is 8. The lowest BCUT2D eigenvalue weighted by Gasteiger charge is -2.21. The van der Waals surface area contributed by atoms with E-state index in [2.05, 4.69) is 24.3 Å². The molecule has 1 N–H and O–H groups in total. The van der Waals surface area contributed by atoms with Crippen molar-refractivity contribution >= 4 is 0 Å². The average Bonchev–Trinajstić information content (AvgIpc) is 2.49. The molecule has 0 saturated carbocycles. The molecule has 1 heterocycles. The van der Waals surface area contributed by atoms with E-state index in [1.54, 1.807) is 7.11 Å². The van der Waals surface area contributed by atoms with Crippen LogP contribution in [0.3, 0.4) is 0 Å². The van der Waals surface area contributed by atoms with Gasteiger partial charge >= 0.3 is 0 Å². The van der Waals surface area contributed by atoms with E-state index in [0.717, 1.165) is 42.4 Å². The van der Waals surface area contributed by atoms with Crippen LogP contribution in [0, 0.1) is 0 Å². The largest absolute Gasteiger partial charge is 0.493 e. The minimum absolute atomic E-state index is 0.576. The summed E-state index contributed by atoms with van der Waals surface area (Å²) >= 11 is 0. The Morgan fingerprint density at radius 2 is 2.00 bits per heavy atom. The van der Waals surface area contributed by atoms with Crippen LogP contribution in [0.5, 0.6) is 17.2 Å². The maximum Gasteiger partial charge on any atom is 0.203 e. The van der Waals surface area contributed by atoms with Crippen LogP contribution in [0.15, 0.2) is 12.1 Å². The van der Waals surface area contributed by atoms with Gasteiger partial charge in [0.05, 0.1) is 7.11 Å². The third kappa shape index (κ3) is 4.79. The zero-order valence-corrected chi connectivity index (χ0v) is 13.3. The predicted molar refractivity (Wildman–Crippen MR) is 83.5 cm³/mol. The van der Waals surface area contributed by atoms with E-state index in [4.69, 9.17) is 14.2 Å². The van der Waals surface area contributed by atoms with Crippen molar-refractivity contribution in [3.63, 3.8) is 0 Å². The zero-order chi connectivity index (χ0) is 15.1. The second kappa shape index (κ2) is 8.10. The predicted octanol–water partition coefficient (Wildman–Crippen LogP) is 1.90. The van der Waals surface area contributed by atoms with Gasteiger partial charge < -0.3 is 24.4 Å². The SMILES string of the molecule is COc1cc(CNCCCCN(C)C)cc2c1OCCO2. The molecule has 0 spiro atoms. The summed E-state index contributed by atoms with van der Waals surface area (Å²) in [5.74, 6) is 2.25. The third-order valence-corrected chi connectivity index (χ3v) is 3.43. The van der Waals surface area contributed by atoms with Crippen LogP contribution in [0.1, 0.15) is 18.4 Å². The first-order valence-electron chi connectivity index (χ1n) is 7.52. The van der Waals surface area contributed by atoms with Crippen LogP contribution >= 0.6 is 0 Å². The van der Waals surface area contributed by atoms with E-state index in [1.807, 2.05) is 12.1 Å². The fourth-order valence-corrected chi connectivity index (χ4v) is 2.34. The van der Waals surface area contributed by atoms with Gasteiger partial charge in [-0.3, -0.25) is 0 Å². The highest BCUT2D eigenvalue weighted by molar-refractivity contribution is 5.54. The second-order valence-electron chi connectivity index (χ2n) is 5.51. The van der Waals surface area contributed by atoms with E-state index in [9.17, 15) is 0 Å². The van der Waals surface area contributed by atoms with Crippen LogP contribution in [-0.2, 0) is 6.54 Å². The Morgan fingerprint density at radius 3 is 2.76 bits per heavy atom. The van der Waals surface area contributed by atoms with Crippen LogP contribution < -0.4 is 19.5 Å². The number of hydrogen-bond donors (Lipinski definition) is 1. The van der Waals surface area contributed by atoms with Crippen molar-refractivity contribution < 1.29 is 14.2 Å². The number of unbranched alkanes of at least 4 members (excludes halogenated alkanes) is 1. The molecule has 0 amide bonds. The maximum atomic E-state index is 5.64. The molecule has 0 aromatic heterocycles. The molecule has 21 heavy (non-hydrogen) atoms. The van der Waals surface area contributed by atoms with Gasteiger partial charge in [0.2, 0.25) is 5.75 Å². The molecule has 5 nitrogen and oxygen atoms in total. The second-order valence-corrected chi connectivity index (χ2v) is 5.51. The Hall–Kier alpha value is -1.46. The first kappa shape index (κ1) is 15.9. The number of hydrogen-bond acceptors (Lipinski definition) is 5. The van der Waals surface area contributed by atoms with Gasteiger partial charge in [-0.15, -0.1) is 0 Å². The molecule has 0 unspecified atom stereocenters. The van der Waals surface area contributed by atoms with E-state index in [0.29, 0.717) is 13.2 Å². The fourth-order valence-electron chi connectivity index (χ4n) is 2.34. The summed E-state index contributed by atoms with van der Waals surface area (Å²) < 4.78 is 16.6. The van der Waals surface area contributed by atoms with Gasteiger partial charge in [0.15, 0.2) is 11.5 Å². The lowest BCUT2D eigenvalue weighted by atomic mass is 10.1. The summed E-state index contributed by atoms with van der Waals surface area (Å²) in [5, 5.41) is 3.46. The van der Waals surface area contributed by atoms with Crippen molar-refractivity contribution in [1.82, 2.24) is 10.2 Å². The highest BCUT2D eigenvalue weighted by Gasteiger charge is 2.18. The van der Waals surface area contributed by atoms with Gasteiger partial charge in [0.1, 0.15) is 13.2 Å². The van der Waals surface area contributed by atoms with Gasteiger partial charge in [-0.05, 0) is 57.7 Å². The van der Waals surface area contributed by atoms with Gasteiger partial charge in [-0.2, -0.15) is 0 Å². The van der Waals surface area contributed by atoms with Crippen molar-refractivity contribution in [1.29, 1.82) is 0 Å². The number of nitrogens with zero attached hydrogens (tertiary/aromatic N) is 1. The lowest BCUT2D eigenvalue weighted by molar-refractivity contribution is 0.165. The summed E-state index contributed by atoms with van der Waals surface area (Å²) in [4.78, 5) is 2.21. The van der Waals surface area contributed by atoms with E-state index < -0.39 is 0 Å². The molecule has 118 valence electrons. The lowest BCUT2D eigenvalue weighted by Crippen LogP contribution is -2.19. The summed E-state index contributed by atoms with van der Waals surface area (Å²) in [6.45, 7) is 4.14. The molecule has 0 aliphatic carbocycles. The molecule has 0 radical (unpaired) electrons. The normalized spacial score (nSPS) is 13.5. The van der Waals surface area contributed by atoms with Gasteiger partial charge in [0.25, 0.3) is 0 Å². The standard InChI is InChI=1S/C16H26N2O3/c1-18(2)7-5-4-6-17-12-13-10-14(19-3)16-15(11-13)20-8-9-21-16/h10-11,17H,4-9,12H2,1-3H3. The van der Waals surface area contributed by atoms with Crippen LogP contribution in [-0.4, -0.2) is 52.4 Å². The Kier molecular flexibility index (Phi) is 6.14. The fraction of sp³-hybridized carbons (Fsp3) is 0.625. The van der Waals surface area contributed by atoms with Crippen molar-refractivity contribution in [2.45, 2.75) is 19.4 Å².